The second-order valence-electron chi connectivity index (χ2n) is 7.75. The third-order valence-corrected chi connectivity index (χ3v) is 5.73. The Labute approximate surface area is 198 Å². The lowest BCUT2D eigenvalue weighted by Gasteiger charge is -2.33. The summed E-state index contributed by atoms with van der Waals surface area (Å²) >= 11 is 0. The van der Waals surface area contributed by atoms with Gasteiger partial charge in [0.25, 0.3) is 0 Å². The number of aromatic nitrogens is 4. The fourth-order valence-corrected chi connectivity index (χ4v) is 3.78. The molecule has 0 radical (unpaired) electrons. The summed E-state index contributed by atoms with van der Waals surface area (Å²) < 4.78 is 17.5. The smallest absolute Gasteiger partial charge is 0.246 e. The Hall–Kier alpha value is -3.92. The zero-order valence-electron chi connectivity index (χ0n) is 19.5. The van der Waals surface area contributed by atoms with Crippen LogP contribution in [0.2, 0.25) is 0 Å². The van der Waals surface area contributed by atoms with Crippen LogP contribution in [0.4, 0.5) is 0 Å². The van der Waals surface area contributed by atoms with Crippen molar-refractivity contribution in [3.05, 3.63) is 59.9 Å². The van der Waals surface area contributed by atoms with Gasteiger partial charge in [-0.15, -0.1) is 5.10 Å². The summed E-state index contributed by atoms with van der Waals surface area (Å²) in [5.74, 6) is 2.79. The van der Waals surface area contributed by atoms with E-state index < -0.39 is 0 Å². The minimum absolute atomic E-state index is 0.0162. The average Bonchev–Trinajstić information content (AvgIpc) is 3.35. The quantitative estimate of drug-likeness (QED) is 0.468. The Kier molecular flexibility index (Phi) is 7.38. The van der Waals surface area contributed by atoms with Gasteiger partial charge in [-0.25, -0.2) is 0 Å². The molecule has 3 aromatic rings. The minimum Gasteiger partial charge on any atom is -0.497 e. The summed E-state index contributed by atoms with van der Waals surface area (Å²) in [4.78, 5) is 16.8. The fraction of sp³-hybridized carbons (Fsp3) is 0.333. The van der Waals surface area contributed by atoms with Crippen LogP contribution in [0.3, 0.4) is 0 Å². The number of methoxy groups -OCH3 is 3. The topological polar surface area (TPSA) is 94.8 Å². The van der Waals surface area contributed by atoms with Gasteiger partial charge in [0.1, 0.15) is 5.75 Å². The van der Waals surface area contributed by atoms with Crippen molar-refractivity contribution in [1.29, 1.82) is 0 Å². The molecule has 34 heavy (non-hydrogen) atoms. The lowest BCUT2D eigenvalue weighted by Crippen LogP contribution is -2.48. The number of piperazine rings is 1. The zero-order valence-corrected chi connectivity index (χ0v) is 19.5. The van der Waals surface area contributed by atoms with Crippen LogP contribution in [0.1, 0.15) is 11.4 Å². The van der Waals surface area contributed by atoms with Crippen molar-refractivity contribution >= 4 is 12.0 Å². The number of benzene rings is 2. The standard InChI is InChI=1S/C24H28N6O4/c1-32-20-8-6-19(7-9-20)30-23(25-26-27-30)17-28-12-14-29(15-13-28)24(31)11-5-18-4-10-21(33-2)22(16-18)34-3/h4-11,16H,12-15,17H2,1-3H3/b11-5-. The average molecular weight is 465 g/mol. The summed E-state index contributed by atoms with van der Waals surface area (Å²) in [6.07, 6.45) is 3.39. The van der Waals surface area contributed by atoms with E-state index in [4.69, 9.17) is 14.2 Å². The number of rotatable bonds is 8. The van der Waals surface area contributed by atoms with Crippen LogP contribution in [-0.4, -0.2) is 83.4 Å². The largest absolute Gasteiger partial charge is 0.497 e. The third-order valence-electron chi connectivity index (χ3n) is 5.73. The Morgan fingerprint density at radius 1 is 0.941 bits per heavy atom. The molecular weight excluding hydrogens is 436 g/mol. The van der Waals surface area contributed by atoms with E-state index in [0.29, 0.717) is 31.1 Å². The van der Waals surface area contributed by atoms with Gasteiger partial charge in [0.15, 0.2) is 17.3 Å². The highest BCUT2D eigenvalue weighted by molar-refractivity contribution is 5.92. The molecule has 2 aromatic carbocycles. The van der Waals surface area contributed by atoms with Crippen LogP contribution in [-0.2, 0) is 11.3 Å². The molecule has 1 aliphatic rings. The highest BCUT2D eigenvalue weighted by Crippen LogP contribution is 2.28. The first kappa shape index (κ1) is 23.2. The SMILES string of the molecule is COc1ccc(-n2nnnc2CN2CCN(C(=O)/C=C\c3ccc(OC)c(OC)c3)CC2)cc1. The molecule has 10 heteroatoms. The first-order chi connectivity index (χ1) is 16.6. The molecule has 0 saturated carbocycles. The van der Waals surface area contributed by atoms with Crippen molar-refractivity contribution in [2.24, 2.45) is 0 Å². The second kappa shape index (κ2) is 10.8. The number of hydrogen-bond acceptors (Lipinski definition) is 8. The molecule has 0 unspecified atom stereocenters. The van der Waals surface area contributed by atoms with Crippen LogP contribution < -0.4 is 14.2 Å². The molecule has 0 atom stereocenters. The number of hydrogen-bond donors (Lipinski definition) is 0. The molecule has 1 saturated heterocycles. The van der Waals surface area contributed by atoms with Gasteiger partial charge in [0, 0.05) is 32.3 Å². The van der Waals surface area contributed by atoms with E-state index >= 15 is 0 Å². The van der Waals surface area contributed by atoms with E-state index in [2.05, 4.69) is 20.4 Å². The van der Waals surface area contributed by atoms with Gasteiger partial charge >= 0.3 is 0 Å². The molecule has 2 heterocycles. The van der Waals surface area contributed by atoms with Crippen molar-refractivity contribution < 1.29 is 19.0 Å². The number of ether oxygens (including phenoxy) is 3. The molecule has 0 spiro atoms. The lowest BCUT2D eigenvalue weighted by atomic mass is 10.2. The van der Waals surface area contributed by atoms with Gasteiger partial charge in [-0.3, -0.25) is 9.69 Å². The third kappa shape index (κ3) is 5.34. The van der Waals surface area contributed by atoms with Gasteiger partial charge in [-0.05, 0) is 58.5 Å². The van der Waals surface area contributed by atoms with Gasteiger partial charge in [-0.2, -0.15) is 4.68 Å². The number of carbonyl (C=O) groups is 1. The van der Waals surface area contributed by atoms with Crippen molar-refractivity contribution in [2.75, 3.05) is 47.5 Å². The molecule has 0 aliphatic carbocycles. The van der Waals surface area contributed by atoms with Gasteiger partial charge in [-0.1, -0.05) is 6.07 Å². The molecule has 10 nitrogen and oxygen atoms in total. The van der Waals surface area contributed by atoms with Crippen molar-refractivity contribution in [3.8, 4) is 22.9 Å². The van der Waals surface area contributed by atoms with E-state index in [0.717, 1.165) is 35.9 Å². The predicted molar refractivity (Wildman–Crippen MR) is 126 cm³/mol. The van der Waals surface area contributed by atoms with Crippen LogP contribution in [0.5, 0.6) is 17.2 Å². The molecule has 1 amide bonds. The van der Waals surface area contributed by atoms with E-state index in [-0.39, 0.29) is 5.91 Å². The molecule has 4 rings (SSSR count). The first-order valence-electron chi connectivity index (χ1n) is 10.9. The molecule has 1 aromatic heterocycles. The Morgan fingerprint density at radius 2 is 1.68 bits per heavy atom. The van der Waals surface area contributed by atoms with Crippen molar-refractivity contribution in [2.45, 2.75) is 6.54 Å². The summed E-state index contributed by atoms with van der Waals surface area (Å²) in [5.41, 5.74) is 1.74. The lowest BCUT2D eigenvalue weighted by molar-refractivity contribution is -0.127. The molecule has 0 bridgehead atoms. The normalized spacial score (nSPS) is 14.4. The first-order valence-corrected chi connectivity index (χ1v) is 10.9. The Morgan fingerprint density at radius 3 is 2.35 bits per heavy atom. The van der Waals surface area contributed by atoms with Gasteiger partial charge in [0.2, 0.25) is 5.91 Å². The minimum atomic E-state index is -0.0162. The molecule has 178 valence electrons. The number of carbonyl (C=O) groups excluding carboxylic acids is 1. The summed E-state index contributed by atoms with van der Waals surface area (Å²) in [5, 5.41) is 12.2. The molecular formula is C24H28N6O4. The predicted octanol–water partition coefficient (Wildman–Crippen LogP) is 2.05. The van der Waals surface area contributed by atoms with Crippen LogP contribution in [0.25, 0.3) is 11.8 Å². The highest BCUT2D eigenvalue weighted by Gasteiger charge is 2.22. The molecule has 1 aliphatic heterocycles. The maximum absolute atomic E-state index is 12.7. The number of tetrazole rings is 1. The van der Waals surface area contributed by atoms with E-state index in [1.807, 2.05) is 47.4 Å². The zero-order chi connectivity index (χ0) is 23.9. The number of amides is 1. The van der Waals surface area contributed by atoms with Crippen LogP contribution >= 0.6 is 0 Å². The monoisotopic (exact) mass is 464 g/mol. The number of nitrogens with zero attached hydrogens (tertiary/aromatic N) is 6. The van der Waals surface area contributed by atoms with Crippen LogP contribution in [0, 0.1) is 0 Å². The van der Waals surface area contributed by atoms with Crippen molar-refractivity contribution in [3.63, 3.8) is 0 Å². The second-order valence-corrected chi connectivity index (χ2v) is 7.75. The van der Waals surface area contributed by atoms with Crippen molar-refractivity contribution in [1.82, 2.24) is 30.0 Å². The van der Waals surface area contributed by atoms with E-state index in [9.17, 15) is 4.79 Å². The maximum atomic E-state index is 12.7. The molecule has 1 fully saturated rings. The van der Waals surface area contributed by atoms with Gasteiger partial charge in [0.05, 0.1) is 33.6 Å². The highest BCUT2D eigenvalue weighted by atomic mass is 16.5. The maximum Gasteiger partial charge on any atom is 0.246 e. The van der Waals surface area contributed by atoms with Gasteiger partial charge < -0.3 is 19.1 Å². The summed E-state index contributed by atoms with van der Waals surface area (Å²) in [6.45, 7) is 3.36. The van der Waals surface area contributed by atoms with Crippen LogP contribution in [0.15, 0.2) is 48.5 Å². The molecule has 0 N–H and O–H groups in total. The Balaban J connectivity index is 1.32. The van der Waals surface area contributed by atoms with E-state index in [1.54, 1.807) is 38.2 Å². The fourth-order valence-electron chi connectivity index (χ4n) is 3.78. The Bertz CT molecular complexity index is 1140. The van der Waals surface area contributed by atoms with E-state index in [1.165, 1.54) is 0 Å². The summed E-state index contributed by atoms with van der Waals surface area (Å²) in [6, 6.07) is 13.1. The summed E-state index contributed by atoms with van der Waals surface area (Å²) in [7, 11) is 4.81.